The van der Waals surface area contributed by atoms with Crippen LogP contribution in [0.15, 0.2) is 30.5 Å². The molecule has 4 heteroatoms. The second-order valence-electron chi connectivity index (χ2n) is 4.78. The molecule has 0 saturated heterocycles. The van der Waals surface area contributed by atoms with Gasteiger partial charge in [0.05, 0.1) is 0 Å². The summed E-state index contributed by atoms with van der Waals surface area (Å²) in [4.78, 5) is 4.50. The Morgan fingerprint density at radius 1 is 1.44 bits per heavy atom. The van der Waals surface area contributed by atoms with Gasteiger partial charge in [0.1, 0.15) is 5.82 Å². The monoisotopic (exact) mass is 262 g/mol. The summed E-state index contributed by atoms with van der Waals surface area (Å²) in [6.45, 7) is 1.08. The van der Waals surface area contributed by atoms with Crippen molar-refractivity contribution in [2.45, 2.75) is 19.4 Å². The lowest BCUT2D eigenvalue weighted by Crippen LogP contribution is -2.22. The number of hydrogen-bond acceptors (Lipinski definition) is 2. The number of rotatable bonds is 2. The first-order chi connectivity index (χ1) is 8.78. The number of aliphatic hydroxyl groups is 1. The van der Waals surface area contributed by atoms with E-state index in [2.05, 4.69) is 9.55 Å². The maximum absolute atomic E-state index is 9.30. The largest absolute Gasteiger partial charge is 0.396 e. The first kappa shape index (κ1) is 11.8. The number of aryl methyl sites for hydroxylation is 1. The Balaban J connectivity index is 2.02. The third-order valence-corrected chi connectivity index (χ3v) is 3.76. The zero-order valence-corrected chi connectivity index (χ0v) is 10.8. The number of benzene rings is 1. The maximum atomic E-state index is 9.30. The summed E-state index contributed by atoms with van der Waals surface area (Å²) in [5.41, 5.74) is 2.28. The van der Waals surface area contributed by atoms with E-state index in [9.17, 15) is 5.11 Å². The number of fused-ring (bicyclic) bond motifs is 1. The van der Waals surface area contributed by atoms with E-state index in [1.807, 2.05) is 30.5 Å². The zero-order chi connectivity index (χ0) is 12.5. The quantitative estimate of drug-likeness (QED) is 0.904. The van der Waals surface area contributed by atoms with Crippen molar-refractivity contribution >= 4 is 11.6 Å². The van der Waals surface area contributed by atoms with E-state index in [4.69, 9.17) is 11.6 Å². The SMILES string of the molecule is OCC1CCc2cnc(-c3cccc(Cl)c3)n2C1. The minimum Gasteiger partial charge on any atom is -0.396 e. The predicted octanol–water partition coefficient (Wildman–Crippen LogP) is 2.76. The van der Waals surface area contributed by atoms with Crippen LogP contribution in [0, 0.1) is 5.92 Å². The van der Waals surface area contributed by atoms with Crippen LogP contribution in [0.4, 0.5) is 0 Å². The van der Waals surface area contributed by atoms with E-state index in [0.717, 1.165) is 35.8 Å². The summed E-state index contributed by atoms with van der Waals surface area (Å²) in [5, 5.41) is 10.0. The van der Waals surface area contributed by atoms with E-state index in [1.165, 1.54) is 5.69 Å². The van der Waals surface area contributed by atoms with Crippen LogP contribution in [-0.2, 0) is 13.0 Å². The van der Waals surface area contributed by atoms with Crippen LogP contribution >= 0.6 is 11.6 Å². The van der Waals surface area contributed by atoms with Gasteiger partial charge in [-0.05, 0) is 25.0 Å². The highest BCUT2D eigenvalue weighted by Crippen LogP contribution is 2.28. The van der Waals surface area contributed by atoms with Gasteiger partial charge < -0.3 is 9.67 Å². The number of aliphatic hydroxyl groups excluding tert-OH is 1. The van der Waals surface area contributed by atoms with E-state index >= 15 is 0 Å². The minimum atomic E-state index is 0.243. The summed E-state index contributed by atoms with van der Waals surface area (Å²) in [6.07, 6.45) is 3.96. The number of hydrogen-bond donors (Lipinski definition) is 1. The summed E-state index contributed by atoms with van der Waals surface area (Å²) < 4.78 is 2.20. The van der Waals surface area contributed by atoms with Crippen LogP contribution < -0.4 is 0 Å². The predicted molar refractivity (Wildman–Crippen MR) is 71.6 cm³/mol. The van der Waals surface area contributed by atoms with Crippen LogP contribution in [0.25, 0.3) is 11.4 Å². The number of imidazole rings is 1. The lowest BCUT2D eigenvalue weighted by Gasteiger charge is -2.23. The molecule has 18 heavy (non-hydrogen) atoms. The fourth-order valence-electron chi connectivity index (χ4n) is 2.52. The lowest BCUT2D eigenvalue weighted by atomic mass is 9.99. The third-order valence-electron chi connectivity index (χ3n) is 3.53. The summed E-state index contributed by atoms with van der Waals surface area (Å²) >= 11 is 6.02. The molecule has 0 aliphatic carbocycles. The molecule has 2 aromatic rings. The van der Waals surface area contributed by atoms with Gasteiger partial charge in [-0.1, -0.05) is 23.7 Å². The van der Waals surface area contributed by atoms with Crippen molar-refractivity contribution in [3.05, 3.63) is 41.2 Å². The van der Waals surface area contributed by atoms with Crippen molar-refractivity contribution in [2.24, 2.45) is 5.92 Å². The molecule has 1 unspecified atom stereocenters. The third kappa shape index (κ3) is 2.04. The second-order valence-corrected chi connectivity index (χ2v) is 5.22. The summed E-state index contributed by atoms with van der Waals surface area (Å²) in [5.74, 6) is 1.29. The first-order valence-electron chi connectivity index (χ1n) is 6.19. The molecular formula is C14H15ClN2O. The smallest absolute Gasteiger partial charge is 0.140 e. The van der Waals surface area contributed by atoms with Gasteiger partial charge in [0.25, 0.3) is 0 Å². The zero-order valence-electron chi connectivity index (χ0n) is 10.0. The molecular weight excluding hydrogens is 248 g/mol. The van der Waals surface area contributed by atoms with E-state index in [1.54, 1.807) is 0 Å². The number of aromatic nitrogens is 2. The molecule has 3 rings (SSSR count). The molecule has 1 aliphatic rings. The lowest BCUT2D eigenvalue weighted by molar-refractivity contribution is 0.192. The Labute approximate surface area is 111 Å². The first-order valence-corrected chi connectivity index (χ1v) is 6.57. The van der Waals surface area contributed by atoms with Crippen LogP contribution in [0.5, 0.6) is 0 Å². The van der Waals surface area contributed by atoms with Crippen LogP contribution in [-0.4, -0.2) is 21.3 Å². The van der Waals surface area contributed by atoms with Gasteiger partial charge in [0, 0.05) is 41.5 Å². The molecule has 1 aromatic carbocycles. The highest BCUT2D eigenvalue weighted by molar-refractivity contribution is 6.30. The van der Waals surface area contributed by atoms with Gasteiger partial charge >= 0.3 is 0 Å². The Kier molecular flexibility index (Phi) is 3.10. The summed E-state index contributed by atoms with van der Waals surface area (Å²) in [7, 11) is 0. The van der Waals surface area contributed by atoms with E-state index < -0.39 is 0 Å². The average Bonchev–Trinajstić information content (AvgIpc) is 2.81. The Morgan fingerprint density at radius 3 is 3.11 bits per heavy atom. The van der Waals surface area contributed by atoms with Crippen LogP contribution in [0.2, 0.25) is 5.02 Å². The van der Waals surface area contributed by atoms with E-state index in [0.29, 0.717) is 5.92 Å². The van der Waals surface area contributed by atoms with Crippen LogP contribution in [0.3, 0.4) is 0 Å². The molecule has 0 fully saturated rings. The molecule has 0 amide bonds. The van der Waals surface area contributed by atoms with Crippen molar-refractivity contribution in [1.29, 1.82) is 0 Å². The van der Waals surface area contributed by atoms with Crippen molar-refractivity contribution < 1.29 is 5.11 Å². The fourth-order valence-corrected chi connectivity index (χ4v) is 2.71. The highest BCUT2D eigenvalue weighted by Gasteiger charge is 2.21. The van der Waals surface area contributed by atoms with Gasteiger partial charge in [-0.25, -0.2) is 4.98 Å². The molecule has 0 radical (unpaired) electrons. The van der Waals surface area contributed by atoms with Gasteiger partial charge in [-0.2, -0.15) is 0 Å². The molecule has 2 heterocycles. The molecule has 0 spiro atoms. The number of nitrogens with zero attached hydrogens (tertiary/aromatic N) is 2. The van der Waals surface area contributed by atoms with Crippen molar-refractivity contribution in [3.8, 4) is 11.4 Å². The highest BCUT2D eigenvalue weighted by atomic mass is 35.5. The fraction of sp³-hybridized carbons (Fsp3) is 0.357. The average molecular weight is 263 g/mol. The van der Waals surface area contributed by atoms with Gasteiger partial charge in [-0.3, -0.25) is 0 Å². The molecule has 0 bridgehead atoms. The minimum absolute atomic E-state index is 0.243. The molecule has 3 nitrogen and oxygen atoms in total. The van der Waals surface area contributed by atoms with E-state index in [-0.39, 0.29) is 6.61 Å². The van der Waals surface area contributed by atoms with Crippen molar-refractivity contribution in [1.82, 2.24) is 9.55 Å². The molecule has 1 N–H and O–H groups in total. The van der Waals surface area contributed by atoms with Crippen molar-refractivity contribution in [2.75, 3.05) is 6.61 Å². The van der Waals surface area contributed by atoms with Gasteiger partial charge in [0.15, 0.2) is 0 Å². The molecule has 1 aromatic heterocycles. The Hall–Kier alpha value is -1.32. The molecule has 1 atom stereocenters. The van der Waals surface area contributed by atoms with Gasteiger partial charge in [0.2, 0.25) is 0 Å². The number of halogens is 1. The standard InChI is InChI=1S/C14H15ClN2O/c15-12-3-1-2-11(6-12)14-16-7-13-5-4-10(9-18)8-17(13)14/h1-3,6-7,10,18H,4-5,8-9H2. The molecule has 1 aliphatic heterocycles. The maximum Gasteiger partial charge on any atom is 0.140 e. The van der Waals surface area contributed by atoms with Gasteiger partial charge in [-0.15, -0.1) is 0 Å². The molecule has 0 saturated carbocycles. The van der Waals surface area contributed by atoms with Crippen LogP contribution in [0.1, 0.15) is 12.1 Å². The second kappa shape index (κ2) is 4.75. The van der Waals surface area contributed by atoms with Crippen molar-refractivity contribution in [3.63, 3.8) is 0 Å². The topological polar surface area (TPSA) is 38.1 Å². The molecule has 94 valence electrons. The Bertz CT molecular complexity index is 565. The Morgan fingerprint density at radius 2 is 2.33 bits per heavy atom. The summed E-state index contributed by atoms with van der Waals surface area (Å²) in [6, 6.07) is 7.75. The normalized spacial score (nSPS) is 18.7.